The highest BCUT2D eigenvalue weighted by Gasteiger charge is 2.19. The first-order chi connectivity index (χ1) is 4.88. The molecule has 0 saturated carbocycles. The third kappa shape index (κ3) is 0.685. The summed E-state index contributed by atoms with van der Waals surface area (Å²) in [5, 5.41) is 0. The van der Waals surface area contributed by atoms with Crippen LogP contribution in [0, 0.1) is 0 Å². The van der Waals surface area contributed by atoms with E-state index in [4.69, 9.17) is 4.74 Å². The summed E-state index contributed by atoms with van der Waals surface area (Å²) in [4.78, 5) is 4.09. The number of ether oxygens (including phenoxy) is 1. The predicted molar refractivity (Wildman–Crippen MR) is 38.1 cm³/mol. The molecule has 0 aromatic carbocycles. The molecule has 0 aliphatic carbocycles. The third-order valence-corrected chi connectivity index (χ3v) is 1.80. The first-order valence-electron chi connectivity index (χ1n) is 3.45. The Labute approximate surface area is 59.9 Å². The second kappa shape index (κ2) is 1.97. The van der Waals surface area contributed by atoms with E-state index in [1.54, 1.807) is 6.20 Å². The van der Waals surface area contributed by atoms with Crippen molar-refractivity contribution in [3.05, 3.63) is 23.9 Å². The normalized spacial score (nSPS) is 21.9. The van der Waals surface area contributed by atoms with E-state index in [1.807, 2.05) is 6.07 Å². The van der Waals surface area contributed by atoms with Crippen LogP contribution in [0.5, 0.6) is 5.88 Å². The summed E-state index contributed by atoms with van der Waals surface area (Å²) < 4.78 is 5.30. The Bertz CT molecular complexity index is 247. The van der Waals surface area contributed by atoms with Gasteiger partial charge < -0.3 is 4.74 Å². The first kappa shape index (κ1) is 5.71. The Morgan fingerprint density at radius 2 is 2.60 bits per heavy atom. The predicted octanol–water partition coefficient (Wildman–Crippen LogP) is 1.58. The van der Waals surface area contributed by atoms with Gasteiger partial charge in [0.1, 0.15) is 0 Å². The van der Waals surface area contributed by atoms with Gasteiger partial charge in [-0.05, 0) is 6.07 Å². The standard InChI is InChI=1S/C8H9NO/c1-6-5-10-8-7(6)3-2-4-9-8/h2-4,6H,5H2,1H3. The molecule has 10 heavy (non-hydrogen) atoms. The Morgan fingerprint density at radius 1 is 1.70 bits per heavy atom. The smallest absolute Gasteiger partial charge is 0.216 e. The maximum atomic E-state index is 5.30. The molecule has 1 aromatic rings. The molecule has 2 nitrogen and oxygen atoms in total. The number of rotatable bonds is 0. The van der Waals surface area contributed by atoms with Crippen LogP contribution in [-0.2, 0) is 0 Å². The lowest BCUT2D eigenvalue weighted by Gasteiger charge is -1.95. The van der Waals surface area contributed by atoms with Gasteiger partial charge in [0.05, 0.1) is 6.61 Å². The van der Waals surface area contributed by atoms with Gasteiger partial charge in [0.15, 0.2) is 0 Å². The van der Waals surface area contributed by atoms with Gasteiger partial charge in [-0.25, -0.2) is 4.98 Å². The topological polar surface area (TPSA) is 22.1 Å². The quantitative estimate of drug-likeness (QED) is 0.538. The zero-order valence-corrected chi connectivity index (χ0v) is 5.87. The highest BCUT2D eigenvalue weighted by atomic mass is 16.5. The maximum Gasteiger partial charge on any atom is 0.216 e. The molecule has 1 unspecified atom stereocenters. The molecule has 2 heteroatoms. The fourth-order valence-corrected chi connectivity index (χ4v) is 1.19. The Kier molecular flexibility index (Phi) is 1.13. The largest absolute Gasteiger partial charge is 0.477 e. The zero-order chi connectivity index (χ0) is 6.97. The van der Waals surface area contributed by atoms with Crippen molar-refractivity contribution in [2.75, 3.05) is 6.61 Å². The van der Waals surface area contributed by atoms with E-state index >= 15 is 0 Å². The molecule has 0 N–H and O–H groups in total. The number of hydrogen-bond donors (Lipinski definition) is 0. The molecule has 0 fully saturated rings. The van der Waals surface area contributed by atoms with E-state index < -0.39 is 0 Å². The van der Waals surface area contributed by atoms with Gasteiger partial charge in [0.2, 0.25) is 5.88 Å². The van der Waals surface area contributed by atoms with Gasteiger partial charge in [-0.15, -0.1) is 0 Å². The Balaban J connectivity index is 2.51. The molecule has 1 aromatic heterocycles. The molecule has 52 valence electrons. The van der Waals surface area contributed by atoms with Crippen LogP contribution in [0.1, 0.15) is 18.4 Å². The van der Waals surface area contributed by atoms with Gasteiger partial charge in [0.25, 0.3) is 0 Å². The summed E-state index contributed by atoms with van der Waals surface area (Å²) in [7, 11) is 0. The molecular weight excluding hydrogens is 126 g/mol. The van der Waals surface area contributed by atoms with Crippen LogP contribution in [0.15, 0.2) is 18.3 Å². The van der Waals surface area contributed by atoms with Gasteiger partial charge in [-0.1, -0.05) is 13.0 Å². The second-order valence-electron chi connectivity index (χ2n) is 2.61. The SMILES string of the molecule is CC1COc2ncccc21. The van der Waals surface area contributed by atoms with Crippen molar-refractivity contribution in [1.29, 1.82) is 0 Å². The van der Waals surface area contributed by atoms with Crippen LogP contribution >= 0.6 is 0 Å². The van der Waals surface area contributed by atoms with Crippen molar-refractivity contribution in [1.82, 2.24) is 4.98 Å². The van der Waals surface area contributed by atoms with E-state index in [2.05, 4.69) is 18.0 Å². The molecule has 1 aliphatic heterocycles. The fourth-order valence-electron chi connectivity index (χ4n) is 1.19. The number of aromatic nitrogens is 1. The Hall–Kier alpha value is -1.05. The van der Waals surface area contributed by atoms with Crippen LogP contribution in [-0.4, -0.2) is 11.6 Å². The fraction of sp³-hybridized carbons (Fsp3) is 0.375. The van der Waals surface area contributed by atoms with Crippen LogP contribution in [0.4, 0.5) is 0 Å². The van der Waals surface area contributed by atoms with Crippen LogP contribution in [0.25, 0.3) is 0 Å². The lowest BCUT2D eigenvalue weighted by Crippen LogP contribution is -1.93. The Morgan fingerprint density at radius 3 is 3.40 bits per heavy atom. The summed E-state index contributed by atoms with van der Waals surface area (Å²) in [6.45, 7) is 2.93. The zero-order valence-electron chi connectivity index (χ0n) is 5.87. The first-order valence-corrected chi connectivity index (χ1v) is 3.45. The summed E-state index contributed by atoms with van der Waals surface area (Å²) >= 11 is 0. The molecule has 2 rings (SSSR count). The van der Waals surface area contributed by atoms with E-state index in [0.29, 0.717) is 5.92 Å². The average molecular weight is 135 g/mol. The van der Waals surface area contributed by atoms with Crippen molar-refractivity contribution in [2.24, 2.45) is 0 Å². The molecule has 0 radical (unpaired) electrons. The third-order valence-electron chi connectivity index (χ3n) is 1.80. The molecule has 1 aliphatic rings. The van der Waals surface area contributed by atoms with Crippen molar-refractivity contribution in [3.63, 3.8) is 0 Å². The molecule has 0 saturated heterocycles. The molecular formula is C8H9NO. The number of nitrogens with zero attached hydrogens (tertiary/aromatic N) is 1. The van der Waals surface area contributed by atoms with Crippen LogP contribution in [0.2, 0.25) is 0 Å². The molecule has 0 amide bonds. The summed E-state index contributed by atoms with van der Waals surface area (Å²) in [5.74, 6) is 1.33. The number of pyridine rings is 1. The summed E-state index contributed by atoms with van der Waals surface area (Å²) in [6, 6.07) is 4.02. The lowest BCUT2D eigenvalue weighted by atomic mass is 10.1. The lowest BCUT2D eigenvalue weighted by molar-refractivity contribution is 0.327. The number of fused-ring (bicyclic) bond motifs is 1. The molecule has 1 atom stereocenters. The monoisotopic (exact) mass is 135 g/mol. The highest BCUT2D eigenvalue weighted by molar-refractivity contribution is 5.32. The maximum absolute atomic E-state index is 5.30. The minimum absolute atomic E-state index is 0.517. The summed E-state index contributed by atoms with van der Waals surface area (Å²) in [6.07, 6.45) is 1.76. The van der Waals surface area contributed by atoms with Crippen molar-refractivity contribution in [2.45, 2.75) is 12.8 Å². The van der Waals surface area contributed by atoms with Gasteiger partial charge in [-0.2, -0.15) is 0 Å². The van der Waals surface area contributed by atoms with E-state index in [9.17, 15) is 0 Å². The minimum atomic E-state index is 0.517. The van der Waals surface area contributed by atoms with E-state index in [0.717, 1.165) is 12.5 Å². The van der Waals surface area contributed by atoms with Crippen LogP contribution < -0.4 is 4.74 Å². The number of hydrogen-bond acceptors (Lipinski definition) is 2. The highest BCUT2D eigenvalue weighted by Crippen LogP contribution is 2.30. The van der Waals surface area contributed by atoms with Gasteiger partial charge in [-0.3, -0.25) is 0 Å². The average Bonchev–Trinajstić information content (AvgIpc) is 2.34. The summed E-state index contributed by atoms with van der Waals surface area (Å²) in [5.41, 5.74) is 1.24. The van der Waals surface area contributed by atoms with Crippen molar-refractivity contribution in [3.8, 4) is 5.88 Å². The van der Waals surface area contributed by atoms with Crippen molar-refractivity contribution >= 4 is 0 Å². The molecule has 0 bridgehead atoms. The minimum Gasteiger partial charge on any atom is -0.477 e. The van der Waals surface area contributed by atoms with Crippen LogP contribution in [0.3, 0.4) is 0 Å². The van der Waals surface area contributed by atoms with E-state index in [1.165, 1.54) is 5.56 Å². The van der Waals surface area contributed by atoms with Gasteiger partial charge >= 0.3 is 0 Å². The van der Waals surface area contributed by atoms with Crippen molar-refractivity contribution < 1.29 is 4.74 Å². The van der Waals surface area contributed by atoms with E-state index in [-0.39, 0.29) is 0 Å². The second-order valence-corrected chi connectivity index (χ2v) is 2.61. The molecule has 0 spiro atoms. The van der Waals surface area contributed by atoms with Gasteiger partial charge in [0, 0.05) is 17.7 Å². The molecule has 2 heterocycles.